The van der Waals surface area contributed by atoms with Crippen LogP contribution in [-0.2, 0) is 0 Å². The van der Waals surface area contributed by atoms with Crippen LogP contribution in [0.2, 0.25) is 0 Å². The first-order valence-corrected chi connectivity index (χ1v) is 6.91. The second-order valence-electron chi connectivity index (χ2n) is 4.62. The number of benzene rings is 2. The maximum atomic E-state index is 9.48. The topological polar surface area (TPSA) is 20.2 Å². The molecule has 0 amide bonds. The predicted octanol–water partition coefficient (Wildman–Crippen LogP) is 4.51. The van der Waals surface area contributed by atoms with E-state index in [4.69, 9.17) is 0 Å². The molecule has 1 atom stereocenters. The minimum Gasteiger partial charge on any atom is -0.389 e. The van der Waals surface area contributed by atoms with Crippen LogP contribution < -0.4 is 0 Å². The maximum absolute atomic E-state index is 9.48. The molecule has 0 fully saturated rings. The largest absolute Gasteiger partial charge is 0.389 e. The molecule has 18 heavy (non-hydrogen) atoms. The molecule has 2 aromatic carbocycles. The van der Waals surface area contributed by atoms with Crippen molar-refractivity contribution in [1.82, 2.24) is 0 Å². The Morgan fingerprint density at radius 3 is 2.28 bits per heavy atom. The molecule has 2 rings (SSSR count). The summed E-state index contributed by atoms with van der Waals surface area (Å²) in [6.07, 6.45) is -0.398. The van der Waals surface area contributed by atoms with E-state index in [1.54, 1.807) is 18.7 Å². The van der Waals surface area contributed by atoms with Gasteiger partial charge in [-0.05, 0) is 55.7 Å². The van der Waals surface area contributed by atoms with Gasteiger partial charge in [0.05, 0.1) is 6.10 Å². The van der Waals surface area contributed by atoms with Gasteiger partial charge >= 0.3 is 0 Å². The average molecular weight is 258 g/mol. The van der Waals surface area contributed by atoms with Gasteiger partial charge in [-0.3, -0.25) is 0 Å². The summed E-state index contributed by atoms with van der Waals surface area (Å²) < 4.78 is 0. The first-order valence-electron chi connectivity index (χ1n) is 6.09. The van der Waals surface area contributed by atoms with Crippen molar-refractivity contribution in [2.24, 2.45) is 0 Å². The molecule has 0 spiro atoms. The molecule has 0 bridgehead atoms. The van der Waals surface area contributed by atoms with E-state index in [9.17, 15) is 5.11 Å². The Labute approximate surface area is 113 Å². The third kappa shape index (κ3) is 3.15. The summed E-state index contributed by atoms with van der Waals surface area (Å²) in [5, 5.41) is 9.48. The van der Waals surface area contributed by atoms with Gasteiger partial charge < -0.3 is 5.11 Å². The summed E-state index contributed by atoms with van der Waals surface area (Å²) in [5.74, 6) is 0. The predicted molar refractivity (Wildman–Crippen MR) is 77.1 cm³/mol. The molecule has 1 N–H and O–H groups in total. The number of hydrogen-bond acceptors (Lipinski definition) is 2. The van der Waals surface area contributed by atoms with E-state index in [-0.39, 0.29) is 0 Å². The zero-order valence-corrected chi connectivity index (χ0v) is 11.8. The Morgan fingerprint density at radius 1 is 1.00 bits per heavy atom. The standard InChI is InChI=1S/C16H18OS/c1-11-4-5-12(2)16(10-11)18-15-8-6-14(7-9-15)13(3)17/h4-10,13,17H,1-3H3. The van der Waals surface area contributed by atoms with Crippen LogP contribution in [0.15, 0.2) is 52.3 Å². The van der Waals surface area contributed by atoms with Crippen molar-refractivity contribution in [1.29, 1.82) is 0 Å². The van der Waals surface area contributed by atoms with Crippen molar-refractivity contribution in [2.75, 3.05) is 0 Å². The van der Waals surface area contributed by atoms with Crippen LogP contribution in [0.25, 0.3) is 0 Å². The minimum absolute atomic E-state index is 0.398. The molecular formula is C16H18OS. The Balaban J connectivity index is 2.21. The highest BCUT2D eigenvalue weighted by Gasteiger charge is 2.04. The van der Waals surface area contributed by atoms with E-state index in [2.05, 4.69) is 44.2 Å². The molecule has 1 unspecified atom stereocenters. The van der Waals surface area contributed by atoms with Crippen LogP contribution in [0.3, 0.4) is 0 Å². The molecule has 0 saturated heterocycles. The molecule has 0 aliphatic carbocycles. The van der Waals surface area contributed by atoms with Crippen molar-refractivity contribution < 1.29 is 5.11 Å². The third-order valence-electron chi connectivity index (χ3n) is 2.93. The number of aryl methyl sites for hydroxylation is 2. The van der Waals surface area contributed by atoms with E-state index in [1.807, 2.05) is 12.1 Å². The molecule has 2 heteroatoms. The average Bonchev–Trinajstić information content (AvgIpc) is 2.34. The Hall–Kier alpha value is -1.25. The van der Waals surface area contributed by atoms with Crippen molar-refractivity contribution in [3.8, 4) is 0 Å². The van der Waals surface area contributed by atoms with Gasteiger partial charge in [0.25, 0.3) is 0 Å². The summed E-state index contributed by atoms with van der Waals surface area (Å²) >= 11 is 1.77. The zero-order chi connectivity index (χ0) is 13.1. The highest BCUT2D eigenvalue weighted by molar-refractivity contribution is 7.99. The third-order valence-corrected chi connectivity index (χ3v) is 4.10. The Bertz CT molecular complexity index is 529. The molecule has 0 saturated carbocycles. The van der Waals surface area contributed by atoms with E-state index in [1.165, 1.54) is 20.9 Å². The lowest BCUT2D eigenvalue weighted by Gasteiger charge is -2.08. The molecule has 2 aromatic rings. The van der Waals surface area contributed by atoms with Gasteiger partial charge in [-0.1, -0.05) is 36.0 Å². The van der Waals surface area contributed by atoms with Crippen molar-refractivity contribution in [2.45, 2.75) is 36.7 Å². The number of hydrogen-bond donors (Lipinski definition) is 1. The summed E-state index contributed by atoms with van der Waals surface area (Å²) in [6.45, 7) is 6.03. The first-order chi connectivity index (χ1) is 8.56. The van der Waals surface area contributed by atoms with Crippen molar-refractivity contribution in [3.05, 3.63) is 59.2 Å². The lowest BCUT2D eigenvalue weighted by atomic mass is 10.1. The number of rotatable bonds is 3. The SMILES string of the molecule is Cc1ccc(C)c(Sc2ccc(C(C)O)cc2)c1. The van der Waals surface area contributed by atoms with Crippen LogP contribution >= 0.6 is 11.8 Å². The van der Waals surface area contributed by atoms with Gasteiger partial charge in [-0.2, -0.15) is 0 Å². The van der Waals surface area contributed by atoms with Crippen LogP contribution in [0.1, 0.15) is 29.7 Å². The fourth-order valence-corrected chi connectivity index (χ4v) is 2.76. The van der Waals surface area contributed by atoms with Crippen molar-refractivity contribution in [3.63, 3.8) is 0 Å². The summed E-state index contributed by atoms with van der Waals surface area (Å²) in [4.78, 5) is 2.49. The lowest BCUT2D eigenvalue weighted by Crippen LogP contribution is -1.89. The molecule has 0 aliphatic rings. The number of aliphatic hydroxyl groups is 1. The normalized spacial score (nSPS) is 12.4. The van der Waals surface area contributed by atoms with E-state index in [0.717, 1.165) is 5.56 Å². The molecule has 0 aliphatic heterocycles. The smallest absolute Gasteiger partial charge is 0.0761 e. The lowest BCUT2D eigenvalue weighted by molar-refractivity contribution is 0.199. The van der Waals surface area contributed by atoms with Gasteiger partial charge in [-0.15, -0.1) is 0 Å². The molecule has 0 radical (unpaired) electrons. The molecule has 1 nitrogen and oxygen atoms in total. The van der Waals surface area contributed by atoms with E-state index in [0.29, 0.717) is 0 Å². The van der Waals surface area contributed by atoms with Gasteiger partial charge in [0.2, 0.25) is 0 Å². The maximum Gasteiger partial charge on any atom is 0.0761 e. The summed E-state index contributed by atoms with van der Waals surface area (Å²) in [5.41, 5.74) is 3.54. The second-order valence-corrected chi connectivity index (χ2v) is 5.73. The fraction of sp³-hybridized carbons (Fsp3) is 0.250. The Morgan fingerprint density at radius 2 is 1.67 bits per heavy atom. The second kappa shape index (κ2) is 5.59. The summed E-state index contributed by atoms with van der Waals surface area (Å²) in [7, 11) is 0. The highest BCUT2D eigenvalue weighted by atomic mass is 32.2. The molecular weight excluding hydrogens is 240 g/mol. The van der Waals surface area contributed by atoms with Crippen LogP contribution in [0.4, 0.5) is 0 Å². The molecule has 0 aromatic heterocycles. The van der Waals surface area contributed by atoms with Crippen LogP contribution in [-0.4, -0.2) is 5.11 Å². The number of aliphatic hydroxyl groups excluding tert-OH is 1. The molecule has 0 heterocycles. The molecule has 94 valence electrons. The Kier molecular flexibility index (Phi) is 4.10. The van der Waals surface area contributed by atoms with Crippen molar-refractivity contribution >= 4 is 11.8 Å². The fourth-order valence-electron chi connectivity index (χ4n) is 1.76. The van der Waals surface area contributed by atoms with Gasteiger partial charge in [0.1, 0.15) is 0 Å². The zero-order valence-electron chi connectivity index (χ0n) is 11.0. The quantitative estimate of drug-likeness (QED) is 0.874. The van der Waals surface area contributed by atoms with E-state index >= 15 is 0 Å². The van der Waals surface area contributed by atoms with Gasteiger partial charge in [0, 0.05) is 9.79 Å². The first kappa shape index (κ1) is 13.2. The summed E-state index contributed by atoms with van der Waals surface area (Å²) in [6, 6.07) is 14.6. The van der Waals surface area contributed by atoms with Crippen LogP contribution in [0.5, 0.6) is 0 Å². The highest BCUT2D eigenvalue weighted by Crippen LogP contribution is 2.31. The van der Waals surface area contributed by atoms with Gasteiger partial charge in [0.15, 0.2) is 0 Å². The van der Waals surface area contributed by atoms with E-state index < -0.39 is 6.10 Å². The van der Waals surface area contributed by atoms with Gasteiger partial charge in [-0.25, -0.2) is 0 Å². The monoisotopic (exact) mass is 258 g/mol. The minimum atomic E-state index is -0.398. The van der Waals surface area contributed by atoms with Crippen LogP contribution in [0, 0.1) is 13.8 Å².